The van der Waals surface area contributed by atoms with Crippen LogP contribution in [0.5, 0.6) is 5.75 Å². The molecule has 7 heteroatoms. The van der Waals surface area contributed by atoms with Crippen molar-refractivity contribution in [2.45, 2.75) is 20.1 Å². The normalized spacial score (nSPS) is 10.9. The standard InChI is InChI=1S/C20H18N4O2S/c1-14-22-16(13-27-14)12-26-18-7-3-2-6-17(18)20(25)21-10-15-11-24-9-5-4-8-19(24)23-15/h2-9,11,13H,10,12H2,1H3,(H,21,25). The average Bonchev–Trinajstić information content (AvgIpc) is 3.30. The highest BCUT2D eigenvalue weighted by Gasteiger charge is 2.13. The Hall–Kier alpha value is -3.19. The molecule has 1 aromatic carbocycles. The number of carbonyl (C=O) groups is 1. The highest BCUT2D eigenvalue weighted by Crippen LogP contribution is 2.20. The van der Waals surface area contributed by atoms with E-state index in [0.29, 0.717) is 24.5 Å². The molecule has 1 amide bonds. The lowest BCUT2D eigenvalue weighted by molar-refractivity contribution is 0.0946. The number of aryl methyl sites for hydroxylation is 1. The van der Waals surface area contributed by atoms with Crippen molar-refractivity contribution >= 4 is 22.9 Å². The van der Waals surface area contributed by atoms with Gasteiger partial charge in [0.2, 0.25) is 0 Å². The van der Waals surface area contributed by atoms with Crippen molar-refractivity contribution in [1.82, 2.24) is 19.7 Å². The Bertz CT molecular complexity index is 1050. The van der Waals surface area contributed by atoms with Crippen LogP contribution in [-0.2, 0) is 13.2 Å². The molecular formula is C20H18N4O2S. The summed E-state index contributed by atoms with van der Waals surface area (Å²) in [5.41, 5.74) is 3.00. The summed E-state index contributed by atoms with van der Waals surface area (Å²) in [5, 5.41) is 5.86. The zero-order chi connectivity index (χ0) is 18.6. The Kier molecular flexibility index (Phi) is 4.84. The molecule has 4 rings (SSSR count). The summed E-state index contributed by atoms with van der Waals surface area (Å²) in [6.07, 6.45) is 3.83. The number of hydrogen-bond donors (Lipinski definition) is 1. The van der Waals surface area contributed by atoms with E-state index in [0.717, 1.165) is 22.0 Å². The van der Waals surface area contributed by atoms with E-state index in [-0.39, 0.29) is 5.91 Å². The summed E-state index contributed by atoms with van der Waals surface area (Å²) >= 11 is 1.58. The van der Waals surface area contributed by atoms with E-state index in [9.17, 15) is 4.79 Å². The van der Waals surface area contributed by atoms with E-state index < -0.39 is 0 Å². The molecule has 0 aliphatic carbocycles. The van der Waals surface area contributed by atoms with Gasteiger partial charge in [-0.25, -0.2) is 9.97 Å². The maximum Gasteiger partial charge on any atom is 0.255 e. The fourth-order valence-electron chi connectivity index (χ4n) is 2.74. The summed E-state index contributed by atoms with van der Waals surface area (Å²) in [6.45, 7) is 2.64. The first-order valence-corrected chi connectivity index (χ1v) is 9.40. The van der Waals surface area contributed by atoms with Crippen LogP contribution in [0.25, 0.3) is 5.65 Å². The third-order valence-electron chi connectivity index (χ3n) is 4.02. The molecule has 27 heavy (non-hydrogen) atoms. The second kappa shape index (κ2) is 7.59. The Labute approximate surface area is 160 Å². The number of benzene rings is 1. The molecule has 0 aliphatic heterocycles. The molecule has 1 N–H and O–H groups in total. The first-order chi connectivity index (χ1) is 13.2. The van der Waals surface area contributed by atoms with Crippen molar-refractivity contribution < 1.29 is 9.53 Å². The molecule has 0 atom stereocenters. The zero-order valence-electron chi connectivity index (χ0n) is 14.8. The van der Waals surface area contributed by atoms with Gasteiger partial charge >= 0.3 is 0 Å². The van der Waals surface area contributed by atoms with Crippen LogP contribution < -0.4 is 10.1 Å². The molecule has 0 bridgehead atoms. The number of thiazole rings is 1. The lowest BCUT2D eigenvalue weighted by atomic mass is 10.2. The van der Waals surface area contributed by atoms with Gasteiger partial charge in [0.05, 0.1) is 28.5 Å². The van der Waals surface area contributed by atoms with Crippen molar-refractivity contribution in [2.75, 3.05) is 0 Å². The van der Waals surface area contributed by atoms with Gasteiger partial charge in [-0.05, 0) is 31.2 Å². The number of rotatable bonds is 6. The monoisotopic (exact) mass is 378 g/mol. The van der Waals surface area contributed by atoms with Crippen molar-refractivity contribution in [3.8, 4) is 5.75 Å². The number of nitrogens with zero attached hydrogens (tertiary/aromatic N) is 3. The van der Waals surface area contributed by atoms with Gasteiger partial charge in [0, 0.05) is 17.8 Å². The van der Waals surface area contributed by atoms with Crippen LogP contribution in [0.4, 0.5) is 0 Å². The summed E-state index contributed by atoms with van der Waals surface area (Å²) in [4.78, 5) is 21.5. The molecule has 0 saturated carbocycles. The van der Waals surface area contributed by atoms with E-state index >= 15 is 0 Å². The predicted molar refractivity (Wildman–Crippen MR) is 104 cm³/mol. The van der Waals surface area contributed by atoms with Gasteiger partial charge in [-0.1, -0.05) is 18.2 Å². The highest BCUT2D eigenvalue weighted by atomic mass is 32.1. The minimum absolute atomic E-state index is 0.197. The number of para-hydroxylation sites is 1. The first-order valence-electron chi connectivity index (χ1n) is 8.53. The minimum Gasteiger partial charge on any atom is -0.486 e. The van der Waals surface area contributed by atoms with Gasteiger partial charge in [0.1, 0.15) is 18.0 Å². The van der Waals surface area contributed by atoms with Gasteiger partial charge in [0.15, 0.2) is 0 Å². The van der Waals surface area contributed by atoms with Crippen LogP contribution in [0, 0.1) is 6.92 Å². The second-order valence-corrected chi connectivity index (χ2v) is 7.09. The quantitative estimate of drug-likeness (QED) is 0.557. The summed E-state index contributed by atoms with van der Waals surface area (Å²) in [7, 11) is 0. The van der Waals surface area contributed by atoms with Gasteiger partial charge < -0.3 is 14.5 Å². The van der Waals surface area contributed by atoms with E-state index in [2.05, 4.69) is 15.3 Å². The average molecular weight is 378 g/mol. The second-order valence-electron chi connectivity index (χ2n) is 6.02. The first kappa shape index (κ1) is 17.2. The maximum atomic E-state index is 12.6. The van der Waals surface area contributed by atoms with Crippen LogP contribution >= 0.6 is 11.3 Å². The molecule has 6 nitrogen and oxygen atoms in total. The Balaban J connectivity index is 1.43. The Morgan fingerprint density at radius 1 is 1.15 bits per heavy atom. The molecule has 0 spiro atoms. The van der Waals surface area contributed by atoms with Crippen LogP contribution in [0.15, 0.2) is 60.2 Å². The fourth-order valence-corrected chi connectivity index (χ4v) is 3.34. The number of imidazole rings is 1. The molecule has 0 fully saturated rings. The number of aromatic nitrogens is 3. The third-order valence-corrected chi connectivity index (χ3v) is 4.84. The van der Waals surface area contributed by atoms with Gasteiger partial charge in [0.25, 0.3) is 5.91 Å². The number of ether oxygens (including phenoxy) is 1. The molecule has 3 aromatic heterocycles. The van der Waals surface area contributed by atoms with Crippen molar-refractivity contribution in [1.29, 1.82) is 0 Å². The molecule has 3 heterocycles. The molecule has 0 unspecified atom stereocenters. The zero-order valence-corrected chi connectivity index (χ0v) is 15.6. The largest absolute Gasteiger partial charge is 0.486 e. The number of amides is 1. The van der Waals surface area contributed by atoms with Crippen molar-refractivity contribution in [3.05, 3.63) is 82.2 Å². The van der Waals surface area contributed by atoms with Crippen LogP contribution in [0.2, 0.25) is 0 Å². The summed E-state index contributed by atoms with van der Waals surface area (Å²) < 4.78 is 7.75. The molecule has 0 saturated heterocycles. The fraction of sp³-hybridized carbons (Fsp3) is 0.150. The number of carbonyl (C=O) groups excluding carboxylic acids is 1. The van der Waals surface area contributed by atoms with E-state index in [1.165, 1.54) is 0 Å². The lowest BCUT2D eigenvalue weighted by Crippen LogP contribution is -2.23. The van der Waals surface area contributed by atoms with E-state index in [4.69, 9.17) is 4.74 Å². The van der Waals surface area contributed by atoms with Crippen LogP contribution in [0.1, 0.15) is 26.8 Å². The smallest absolute Gasteiger partial charge is 0.255 e. The van der Waals surface area contributed by atoms with Crippen LogP contribution in [-0.4, -0.2) is 20.3 Å². The lowest BCUT2D eigenvalue weighted by Gasteiger charge is -2.10. The minimum atomic E-state index is -0.197. The van der Waals surface area contributed by atoms with Gasteiger partial charge in [-0.2, -0.15) is 0 Å². The number of pyridine rings is 1. The Morgan fingerprint density at radius 3 is 2.81 bits per heavy atom. The SMILES string of the molecule is Cc1nc(COc2ccccc2C(=O)NCc2cn3ccccc3n2)cs1. The number of fused-ring (bicyclic) bond motifs is 1. The molecule has 0 radical (unpaired) electrons. The predicted octanol–water partition coefficient (Wildman–Crippen LogP) is 3.61. The van der Waals surface area contributed by atoms with E-state index in [1.54, 1.807) is 23.5 Å². The Morgan fingerprint density at radius 2 is 2.00 bits per heavy atom. The summed E-state index contributed by atoms with van der Waals surface area (Å²) in [6, 6.07) is 13.0. The topological polar surface area (TPSA) is 68.5 Å². The number of nitrogens with one attached hydrogen (secondary N) is 1. The highest BCUT2D eigenvalue weighted by molar-refractivity contribution is 7.09. The molecule has 136 valence electrons. The molecule has 0 aliphatic rings. The van der Waals surface area contributed by atoms with E-state index in [1.807, 2.05) is 59.4 Å². The summed E-state index contributed by atoms with van der Waals surface area (Å²) in [5.74, 6) is 0.341. The number of hydrogen-bond acceptors (Lipinski definition) is 5. The van der Waals surface area contributed by atoms with Gasteiger partial charge in [-0.3, -0.25) is 4.79 Å². The molecule has 4 aromatic rings. The van der Waals surface area contributed by atoms with Gasteiger partial charge in [-0.15, -0.1) is 11.3 Å². The van der Waals surface area contributed by atoms with Crippen molar-refractivity contribution in [2.24, 2.45) is 0 Å². The third kappa shape index (κ3) is 3.98. The maximum absolute atomic E-state index is 12.6. The molecular weight excluding hydrogens is 360 g/mol. The van der Waals surface area contributed by atoms with Crippen molar-refractivity contribution in [3.63, 3.8) is 0 Å². The van der Waals surface area contributed by atoms with Crippen LogP contribution in [0.3, 0.4) is 0 Å².